The van der Waals surface area contributed by atoms with Gasteiger partial charge < -0.3 is 4.74 Å². The normalized spacial score (nSPS) is 30.6. The molecule has 3 rings (SSSR count). The van der Waals surface area contributed by atoms with Crippen molar-refractivity contribution in [1.29, 1.82) is 0 Å². The number of aryl methyl sites for hydroxylation is 2. The second-order valence-corrected chi connectivity index (χ2v) is 6.39. The van der Waals surface area contributed by atoms with Crippen molar-refractivity contribution in [2.75, 3.05) is 13.1 Å². The third kappa shape index (κ3) is 3.10. The number of rotatable bonds is 3. The molecular weight excluding hydrogens is 268 g/mol. The van der Waals surface area contributed by atoms with E-state index in [-0.39, 0.29) is 18.1 Å². The van der Waals surface area contributed by atoms with Crippen LogP contribution in [0, 0.1) is 19.8 Å². The molecule has 0 bridgehead atoms. The molecule has 0 amide bonds. The summed E-state index contributed by atoms with van der Waals surface area (Å²) in [6.07, 6.45) is 3.21. The summed E-state index contributed by atoms with van der Waals surface area (Å²) in [4.78, 5) is 18.6. The first kappa shape index (κ1) is 14.5. The van der Waals surface area contributed by atoms with E-state index in [1.807, 2.05) is 25.5 Å². The van der Waals surface area contributed by atoms with Gasteiger partial charge in [0.1, 0.15) is 23.8 Å². The van der Waals surface area contributed by atoms with Crippen LogP contribution in [0.4, 0.5) is 0 Å². The highest BCUT2D eigenvalue weighted by Crippen LogP contribution is 2.26. The van der Waals surface area contributed by atoms with Crippen molar-refractivity contribution in [3.63, 3.8) is 0 Å². The summed E-state index contributed by atoms with van der Waals surface area (Å²) in [6.45, 7) is 8.73. The quantitative estimate of drug-likeness (QED) is 0.786. The third-order valence-electron chi connectivity index (χ3n) is 4.53. The molecule has 0 N–H and O–H groups in total. The molecule has 1 aromatic heterocycles. The van der Waals surface area contributed by atoms with Crippen LogP contribution in [-0.2, 0) is 16.1 Å². The number of carbonyl (C=O) groups excluding carboxylic acids is 1. The first-order chi connectivity index (χ1) is 10.0. The Labute approximate surface area is 125 Å². The number of carbonyl (C=O) groups is 1. The van der Waals surface area contributed by atoms with Gasteiger partial charge in [0.15, 0.2) is 0 Å². The Morgan fingerprint density at radius 3 is 2.81 bits per heavy atom. The van der Waals surface area contributed by atoms with Crippen LogP contribution in [0.5, 0.6) is 0 Å². The Morgan fingerprint density at radius 1 is 1.38 bits per heavy atom. The largest absolute Gasteiger partial charge is 0.461 e. The van der Waals surface area contributed by atoms with Crippen molar-refractivity contribution < 1.29 is 9.53 Å². The first-order valence-electron chi connectivity index (χ1n) is 7.85. The van der Waals surface area contributed by atoms with Crippen LogP contribution < -0.4 is 0 Å². The molecule has 116 valence electrons. The monoisotopic (exact) mass is 292 g/mol. The molecule has 2 aliphatic rings. The number of esters is 1. The zero-order chi connectivity index (χ0) is 15.0. The summed E-state index contributed by atoms with van der Waals surface area (Å²) in [5, 5.41) is 4.45. The number of cyclic esters (lactones) is 1. The van der Waals surface area contributed by atoms with Crippen molar-refractivity contribution in [2.45, 2.75) is 58.7 Å². The Balaban J connectivity index is 1.63. The molecule has 2 fully saturated rings. The van der Waals surface area contributed by atoms with E-state index in [2.05, 4.69) is 15.0 Å². The smallest absolute Gasteiger partial charge is 0.323 e. The number of nitrogens with zero attached hydrogens (tertiary/aromatic N) is 4. The van der Waals surface area contributed by atoms with Gasteiger partial charge in [-0.15, -0.1) is 0 Å². The van der Waals surface area contributed by atoms with Crippen LogP contribution in [0.25, 0.3) is 0 Å². The highest BCUT2D eigenvalue weighted by atomic mass is 16.6. The lowest BCUT2D eigenvalue weighted by molar-refractivity contribution is -0.145. The van der Waals surface area contributed by atoms with Gasteiger partial charge in [0, 0.05) is 19.5 Å². The minimum absolute atomic E-state index is 0.0404. The van der Waals surface area contributed by atoms with Crippen LogP contribution in [0.2, 0.25) is 0 Å². The summed E-state index contributed by atoms with van der Waals surface area (Å²) in [7, 11) is 0. The lowest BCUT2D eigenvalue weighted by Gasteiger charge is -2.35. The second-order valence-electron chi connectivity index (χ2n) is 6.39. The predicted molar refractivity (Wildman–Crippen MR) is 77.8 cm³/mol. The van der Waals surface area contributed by atoms with Crippen LogP contribution in [-0.4, -0.2) is 50.9 Å². The molecule has 1 aromatic rings. The Morgan fingerprint density at radius 2 is 2.19 bits per heavy atom. The zero-order valence-corrected chi connectivity index (χ0v) is 13.1. The van der Waals surface area contributed by atoms with E-state index in [0.29, 0.717) is 5.92 Å². The van der Waals surface area contributed by atoms with Crippen molar-refractivity contribution in [2.24, 2.45) is 5.92 Å². The second kappa shape index (κ2) is 5.75. The average Bonchev–Trinajstić information content (AvgIpc) is 2.92. The first-order valence-corrected chi connectivity index (χ1v) is 7.85. The lowest BCUT2D eigenvalue weighted by Crippen LogP contribution is -2.45. The van der Waals surface area contributed by atoms with Crippen molar-refractivity contribution >= 4 is 5.97 Å². The molecule has 3 unspecified atom stereocenters. The van der Waals surface area contributed by atoms with E-state index < -0.39 is 0 Å². The van der Waals surface area contributed by atoms with Gasteiger partial charge in [0.2, 0.25) is 0 Å². The summed E-state index contributed by atoms with van der Waals surface area (Å²) < 4.78 is 7.29. The van der Waals surface area contributed by atoms with Gasteiger partial charge in [-0.05, 0) is 46.1 Å². The fourth-order valence-electron chi connectivity index (χ4n) is 3.54. The molecule has 2 aliphatic heterocycles. The molecule has 0 saturated carbocycles. The highest BCUT2D eigenvalue weighted by molar-refractivity contribution is 5.78. The molecule has 0 radical (unpaired) electrons. The van der Waals surface area contributed by atoms with E-state index in [0.717, 1.165) is 44.1 Å². The SMILES string of the molecule is Cc1nc(C)n(CC2CCCN(C3CC(C)OC3=O)C2)n1. The molecule has 6 heteroatoms. The molecule has 0 spiro atoms. The number of likely N-dealkylation sites (tertiary alicyclic amines) is 1. The van der Waals surface area contributed by atoms with Crippen molar-refractivity contribution in [3.05, 3.63) is 11.6 Å². The number of hydrogen-bond acceptors (Lipinski definition) is 5. The molecule has 21 heavy (non-hydrogen) atoms. The third-order valence-corrected chi connectivity index (χ3v) is 4.53. The maximum Gasteiger partial charge on any atom is 0.323 e. The Hall–Kier alpha value is -1.43. The fraction of sp³-hybridized carbons (Fsp3) is 0.800. The minimum Gasteiger partial charge on any atom is -0.461 e. The van der Waals surface area contributed by atoms with Gasteiger partial charge in [0.25, 0.3) is 0 Å². The lowest BCUT2D eigenvalue weighted by atomic mass is 9.96. The molecule has 2 saturated heterocycles. The van der Waals surface area contributed by atoms with Gasteiger partial charge in [-0.25, -0.2) is 9.67 Å². The zero-order valence-electron chi connectivity index (χ0n) is 13.1. The van der Waals surface area contributed by atoms with E-state index in [1.165, 1.54) is 6.42 Å². The summed E-state index contributed by atoms with van der Waals surface area (Å²) >= 11 is 0. The number of aromatic nitrogens is 3. The van der Waals surface area contributed by atoms with Gasteiger partial charge in [0.05, 0.1) is 0 Å². The Kier molecular flexibility index (Phi) is 3.97. The summed E-state index contributed by atoms with van der Waals surface area (Å²) in [5.41, 5.74) is 0. The maximum absolute atomic E-state index is 11.9. The van der Waals surface area contributed by atoms with Crippen LogP contribution >= 0.6 is 0 Å². The average molecular weight is 292 g/mol. The van der Waals surface area contributed by atoms with Crippen molar-refractivity contribution in [3.8, 4) is 0 Å². The number of hydrogen-bond donors (Lipinski definition) is 0. The summed E-state index contributed by atoms with van der Waals surface area (Å²) in [6, 6.07) is -0.0404. The van der Waals surface area contributed by atoms with E-state index in [4.69, 9.17) is 4.74 Å². The van der Waals surface area contributed by atoms with Gasteiger partial charge in [-0.3, -0.25) is 9.69 Å². The summed E-state index contributed by atoms with van der Waals surface area (Å²) in [5.74, 6) is 2.28. The number of piperidine rings is 1. The van der Waals surface area contributed by atoms with E-state index >= 15 is 0 Å². The van der Waals surface area contributed by atoms with Crippen LogP contribution in [0.1, 0.15) is 37.8 Å². The van der Waals surface area contributed by atoms with Crippen LogP contribution in [0.3, 0.4) is 0 Å². The van der Waals surface area contributed by atoms with E-state index in [9.17, 15) is 4.79 Å². The minimum atomic E-state index is -0.0454. The molecule has 6 nitrogen and oxygen atoms in total. The topological polar surface area (TPSA) is 60.2 Å². The molecule has 0 aromatic carbocycles. The van der Waals surface area contributed by atoms with Crippen molar-refractivity contribution in [1.82, 2.24) is 19.7 Å². The molecular formula is C15H24N4O2. The van der Waals surface area contributed by atoms with Gasteiger partial charge in [-0.2, -0.15) is 5.10 Å². The maximum atomic E-state index is 11.9. The molecule has 0 aliphatic carbocycles. The predicted octanol–water partition coefficient (Wildman–Crippen LogP) is 1.31. The number of ether oxygens (including phenoxy) is 1. The van der Waals surface area contributed by atoms with Gasteiger partial charge >= 0.3 is 5.97 Å². The molecule has 3 heterocycles. The Bertz CT molecular complexity index is 528. The standard InChI is InChI=1S/C15H24N4O2/c1-10-7-14(15(20)21-10)18-6-4-5-13(8-18)9-19-12(3)16-11(2)17-19/h10,13-14H,4-9H2,1-3H3. The van der Waals surface area contributed by atoms with E-state index in [1.54, 1.807) is 0 Å². The molecule has 3 atom stereocenters. The van der Waals surface area contributed by atoms with Crippen LogP contribution in [0.15, 0.2) is 0 Å². The fourth-order valence-corrected chi connectivity index (χ4v) is 3.54. The highest BCUT2D eigenvalue weighted by Gasteiger charge is 2.38. The van der Waals surface area contributed by atoms with Gasteiger partial charge in [-0.1, -0.05) is 0 Å².